The lowest BCUT2D eigenvalue weighted by Gasteiger charge is -2.35. The molecule has 0 aliphatic carbocycles. The van der Waals surface area contributed by atoms with E-state index in [1.54, 1.807) is 0 Å². The first kappa shape index (κ1) is 13.5. The second-order valence-corrected chi connectivity index (χ2v) is 4.86. The summed E-state index contributed by atoms with van der Waals surface area (Å²) in [7, 11) is 2.15. The second kappa shape index (κ2) is 6.83. The zero-order chi connectivity index (χ0) is 12.8. The van der Waals surface area contributed by atoms with Gasteiger partial charge in [0.2, 0.25) is 0 Å². The van der Waals surface area contributed by atoms with E-state index in [1.807, 2.05) is 18.3 Å². The van der Waals surface area contributed by atoms with Gasteiger partial charge in [-0.1, -0.05) is 13.0 Å². The molecule has 0 bridgehead atoms. The minimum Gasteiger partial charge on any atom is -0.374 e. The molecule has 1 aliphatic heterocycles. The van der Waals surface area contributed by atoms with Gasteiger partial charge in [-0.25, -0.2) is 0 Å². The summed E-state index contributed by atoms with van der Waals surface area (Å²) in [6.45, 7) is 5.94. The molecule has 0 aromatic carbocycles. The maximum atomic E-state index is 5.90. The molecular formula is C14H23N3O. The Morgan fingerprint density at radius 2 is 2.44 bits per heavy atom. The van der Waals surface area contributed by atoms with Crippen LogP contribution in [0.3, 0.4) is 0 Å². The summed E-state index contributed by atoms with van der Waals surface area (Å²) in [5.41, 5.74) is 1.13. The minimum atomic E-state index is 0.255. The van der Waals surface area contributed by atoms with Crippen LogP contribution in [0.25, 0.3) is 0 Å². The largest absolute Gasteiger partial charge is 0.374 e. The Balaban J connectivity index is 1.98. The highest BCUT2D eigenvalue weighted by Crippen LogP contribution is 2.11. The predicted molar refractivity (Wildman–Crippen MR) is 72.6 cm³/mol. The van der Waals surface area contributed by atoms with Crippen molar-refractivity contribution in [3.8, 4) is 0 Å². The lowest BCUT2D eigenvalue weighted by atomic mass is 10.0. The van der Waals surface area contributed by atoms with Gasteiger partial charge in [-0.15, -0.1) is 0 Å². The highest BCUT2D eigenvalue weighted by atomic mass is 16.5. The Morgan fingerprint density at radius 1 is 1.56 bits per heavy atom. The van der Waals surface area contributed by atoms with Crippen LogP contribution in [0.2, 0.25) is 0 Å². The Labute approximate surface area is 109 Å². The van der Waals surface area contributed by atoms with E-state index in [-0.39, 0.29) is 6.10 Å². The highest BCUT2D eigenvalue weighted by molar-refractivity contribution is 5.06. The number of aromatic nitrogens is 1. The van der Waals surface area contributed by atoms with Crippen LogP contribution in [0.1, 0.15) is 12.6 Å². The van der Waals surface area contributed by atoms with Crippen LogP contribution in [0.5, 0.6) is 0 Å². The average molecular weight is 249 g/mol. The normalized spacial score (nSPS) is 22.9. The standard InChI is InChI=1S/C14H23N3O/c1-3-15-13(10-12-6-4-5-7-16-12)14-11-17(2)8-9-18-14/h4-7,13-15H,3,8-11H2,1-2H3. The van der Waals surface area contributed by atoms with Gasteiger partial charge in [-0.3, -0.25) is 4.98 Å². The van der Waals surface area contributed by atoms with E-state index in [0.717, 1.165) is 38.4 Å². The summed E-state index contributed by atoms with van der Waals surface area (Å²) < 4.78 is 5.90. The molecule has 2 unspecified atom stereocenters. The van der Waals surface area contributed by atoms with Crippen LogP contribution in [0.15, 0.2) is 24.4 Å². The fourth-order valence-corrected chi connectivity index (χ4v) is 2.40. The lowest BCUT2D eigenvalue weighted by molar-refractivity contribution is -0.0383. The highest BCUT2D eigenvalue weighted by Gasteiger charge is 2.26. The van der Waals surface area contributed by atoms with Crippen molar-refractivity contribution in [2.45, 2.75) is 25.5 Å². The monoisotopic (exact) mass is 249 g/mol. The molecule has 0 radical (unpaired) electrons. The van der Waals surface area contributed by atoms with Crippen LogP contribution >= 0.6 is 0 Å². The first-order chi connectivity index (χ1) is 8.79. The Morgan fingerprint density at radius 3 is 3.11 bits per heavy atom. The molecule has 1 aromatic rings. The van der Waals surface area contributed by atoms with Crippen LogP contribution in [0, 0.1) is 0 Å². The Bertz CT molecular complexity index is 344. The summed E-state index contributed by atoms with van der Waals surface area (Å²) in [5.74, 6) is 0. The molecule has 0 spiro atoms. The van der Waals surface area contributed by atoms with Gasteiger partial charge in [0.05, 0.1) is 12.7 Å². The van der Waals surface area contributed by atoms with Crippen LogP contribution in [0.4, 0.5) is 0 Å². The molecule has 1 N–H and O–H groups in total. The third kappa shape index (κ3) is 3.77. The predicted octanol–water partition coefficient (Wildman–Crippen LogP) is 0.933. The number of nitrogens with one attached hydrogen (secondary N) is 1. The number of likely N-dealkylation sites (N-methyl/N-ethyl adjacent to an activating group) is 2. The fraction of sp³-hybridized carbons (Fsp3) is 0.643. The fourth-order valence-electron chi connectivity index (χ4n) is 2.40. The number of ether oxygens (including phenoxy) is 1. The molecule has 100 valence electrons. The topological polar surface area (TPSA) is 37.4 Å². The summed E-state index contributed by atoms with van der Waals surface area (Å²) in [4.78, 5) is 6.74. The van der Waals surface area contributed by atoms with E-state index >= 15 is 0 Å². The Hall–Kier alpha value is -0.970. The van der Waals surface area contributed by atoms with Crippen molar-refractivity contribution in [3.05, 3.63) is 30.1 Å². The van der Waals surface area contributed by atoms with Crippen molar-refractivity contribution in [1.29, 1.82) is 0 Å². The molecule has 1 fully saturated rings. The quantitative estimate of drug-likeness (QED) is 0.842. The number of hydrogen-bond donors (Lipinski definition) is 1. The van der Waals surface area contributed by atoms with E-state index in [4.69, 9.17) is 4.74 Å². The van der Waals surface area contributed by atoms with E-state index < -0.39 is 0 Å². The first-order valence-corrected chi connectivity index (χ1v) is 6.73. The van der Waals surface area contributed by atoms with Crippen LogP contribution < -0.4 is 5.32 Å². The molecule has 18 heavy (non-hydrogen) atoms. The van der Waals surface area contributed by atoms with Crippen molar-refractivity contribution in [1.82, 2.24) is 15.2 Å². The summed E-state index contributed by atoms with van der Waals surface area (Å²) in [5, 5.41) is 3.53. The molecule has 4 nitrogen and oxygen atoms in total. The van der Waals surface area contributed by atoms with Gasteiger partial charge < -0.3 is 15.0 Å². The number of pyridine rings is 1. The van der Waals surface area contributed by atoms with Gasteiger partial charge in [-0.2, -0.15) is 0 Å². The van der Waals surface area contributed by atoms with Crippen molar-refractivity contribution in [2.24, 2.45) is 0 Å². The summed E-state index contributed by atoms with van der Waals surface area (Å²) >= 11 is 0. The van der Waals surface area contributed by atoms with Crippen molar-refractivity contribution >= 4 is 0 Å². The smallest absolute Gasteiger partial charge is 0.0858 e. The van der Waals surface area contributed by atoms with E-state index in [1.165, 1.54) is 0 Å². The number of morpholine rings is 1. The molecule has 0 saturated carbocycles. The van der Waals surface area contributed by atoms with Crippen LogP contribution in [-0.2, 0) is 11.2 Å². The molecule has 1 aromatic heterocycles. The van der Waals surface area contributed by atoms with Gasteiger partial charge in [0.15, 0.2) is 0 Å². The zero-order valence-electron chi connectivity index (χ0n) is 11.3. The van der Waals surface area contributed by atoms with Gasteiger partial charge in [0, 0.05) is 37.4 Å². The SMILES string of the molecule is CCNC(Cc1ccccn1)C1CN(C)CCO1. The third-order valence-corrected chi connectivity index (χ3v) is 3.37. The molecular weight excluding hydrogens is 226 g/mol. The maximum Gasteiger partial charge on any atom is 0.0858 e. The molecule has 1 aliphatic rings. The molecule has 2 rings (SSSR count). The molecule has 1 saturated heterocycles. The minimum absolute atomic E-state index is 0.255. The van der Waals surface area contributed by atoms with Crippen molar-refractivity contribution in [2.75, 3.05) is 33.3 Å². The average Bonchev–Trinajstić information content (AvgIpc) is 2.39. The first-order valence-electron chi connectivity index (χ1n) is 6.73. The number of nitrogens with zero attached hydrogens (tertiary/aromatic N) is 2. The lowest BCUT2D eigenvalue weighted by Crippen LogP contribution is -2.52. The van der Waals surface area contributed by atoms with E-state index in [2.05, 4.69) is 35.2 Å². The zero-order valence-corrected chi connectivity index (χ0v) is 11.3. The molecule has 4 heteroatoms. The summed E-state index contributed by atoms with van der Waals surface area (Å²) in [6.07, 6.45) is 3.03. The van der Waals surface area contributed by atoms with Crippen molar-refractivity contribution in [3.63, 3.8) is 0 Å². The Kier molecular flexibility index (Phi) is 5.11. The van der Waals surface area contributed by atoms with E-state index in [0.29, 0.717) is 6.04 Å². The van der Waals surface area contributed by atoms with Gasteiger partial charge in [0.25, 0.3) is 0 Å². The van der Waals surface area contributed by atoms with Crippen LogP contribution in [-0.4, -0.2) is 55.3 Å². The number of rotatable bonds is 5. The van der Waals surface area contributed by atoms with Crippen molar-refractivity contribution < 1.29 is 4.74 Å². The molecule has 2 heterocycles. The second-order valence-electron chi connectivity index (χ2n) is 4.86. The van der Waals surface area contributed by atoms with E-state index in [9.17, 15) is 0 Å². The number of hydrogen-bond acceptors (Lipinski definition) is 4. The third-order valence-electron chi connectivity index (χ3n) is 3.37. The summed E-state index contributed by atoms with van der Waals surface area (Å²) in [6, 6.07) is 6.42. The van der Waals surface area contributed by atoms with Gasteiger partial charge in [-0.05, 0) is 25.7 Å². The van der Waals surface area contributed by atoms with Gasteiger partial charge in [0.1, 0.15) is 0 Å². The maximum absolute atomic E-state index is 5.90. The molecule has 0 amide bonds. The van der Waals surface area contributed by atoms with Gasteiger partial charge >= 0.3 is 0 Å². The molecule has 2 atom stereocenters.